The van der Waals surface area contributed by atoms with E-state index in [9.17, 15) is 58.3 Å². The largest absolute Gasteiger partial charge is 0.490 e. The number of guanidine groups is 1. The molecular formula is C20H18F10N4O4. The van der Waals surface area contributed by atoms with Crippen LogP contribution in [-0.2, 0) is 24.7 Å². The Morgan fingerprint density at radius 2 is 1.50 bits per heavy atom. The van der Waals surface area contributed by atoms with E-state index in [1.54, 1.807) is 0 Å². The van der Waals surface area contributed by atoms with Gasteiger partial charge in [-0.05, 0) is 39.0 Å². The van der Waals surface area contributed by atoms with Crippen molar-refractivity contribution in [1.82, 2.24) is 4.90 Å². The lowest BCUT2D eigenvalue weighted by Crippen LogP contribution is -2.67. The monoisotopic (exact) mass is 568 g/mol. The summed E-state index contributed by atoms with van der Waals surface area (Å²) < 4.78 is 136. The Kier molecular flexibility index (Phi) is 7.26. The van der Waals surface area contributed by atoms with Gasteiger partial charge in [-0.15, -0.1) is 0 Å². The Balaban J connectivity index is 2.69. The zero-order valence-corrected chi connectivity index (χ0v) is 19.6. The van der Waals surface area contributed by atoms with Crippen LogP contribution in [0.4, 0.5) is 49.6 Å². The first-order valence-electron chi connectivity index (χ1n) is 10.0. The molecule has 2 rings (SSSR count). The van der Waals surface area contributed by atoms with Crippen LogP contribution >= 0.6 is 0 Å². The molecule has 0 spiro atoms. The second-order valence-electron chi connectivity index (χ2n) is 8.74. The van der Waals surface area contributed by atoms with Crippen molar-refractivity contribution in [3.63, 3.8) is 0 Å². The lowest BCUT2D eigenvalue weighted by Gasteiger charge is -2.46. The fourth-order valence-electron chi connectivity index (χ4n) is 3.54. The summed E-state index contributed by atoms with van der Waals surface area (Å²) >= 11 is 0. The quantitative estimate of drug-likeness (QED) is 0.424. The predicted octanol–water partition coefficient (Wildman–Crippen LogP) is 3.76. The zero-order valence-electron chi connectivity index (χ0n) is 19.6. The molecule has 1 heterocycles. The zero-order chi connectivity index (χ0) is 29.9. The molecule has 212 valence electrons. The number of carbonyl (C=O) groups is 3. The van der Waals surface area contributed by atoms with Gasteiger partial charge in [0.25, 0.3) is 5.91 Å². The van der Waals surface area contributed by atoms with Gasteiger partial charge in [0, 0.05) is 18.3 Å². The molecule has 1 aromatic carbocycles. The summed E-state index contributed by atoms with van der Waals surface area (Å²) in [6, 6.07) is 1.46. The van der Waals surface area contributed by atoms with Crippen LogP contribution in [0.15, 0.2) is 23.2 Å². The summed E-state index contributed by atoms with van der Waals surface area (Å²) in [6.45, 7) is 3.72. The third kappa shape index (κ3) is 4.70. The van der Waals surface area contributed by atoms with Gasteiger partial charge >= 0.3 is 30.1 Å². The Morgan fingerprint density at radius 3 is 1.95 bits per heavy atom. The molecule has 1 aliphatic rings. The molecule has 2 amide bonds. The van der Waals surface area contributed by atoms with Crippen molar-refractivity contribution in [3.8, 4) is 0 Å². The number of aliphatic imine (C=N–C) groups is 1. The topological polar surface area (TPSA) is 114 Å². The van der Waals surface area contributed by atoms with Crippen molar-refractivity contribution >= 4 is 29.4 Å². The van der Waals surface area contributed by atoms with Gasteiger partial charge in [-0.3, -0.25) is 14.5 Å². The molecule has 38 heavy (non-hydrogen) atoms. The fraction of sp³-hybridized carbons (Fsp3) is 0.500. The highest BCUT2D eigenvalue weighted by molar-refractivity contribution is 6.02. The molecule has 1 aromatic rings. The maximum atomic E-state index is 14.8. The highest BCUT2D eigenvalue weighted by Gasteiger charge is 2.80. The molecule has 0 aliphatic carbocycles. The number of hydrogen-bond donors (Lipinski definition) is 2. The Bertz CT molecular complexity index is 1180. The number of anilines is 1. The van der Waals surface area contributed by atoms with Crippen LogP contribution in [0.3, 0.4) is 0 Å². The molecule has 1 atom stereocenters. The molecule has 0 saturated heterocycles. The number of halogens is 10. The van der Waals surface area contributed by atoms with Gasteiger partial charge in [-0.2, -0.15) is 39.5 Å². The summed E-state index contributed by atoms with van der Waals surface area (Å²) in [6.07, 6.45) is -20.2. The van der Waals surface area contributed by atoms with Crippen LogP contribution in [0.25, 0.3) is 0 Å². The number of carbonyl (C=O) groups excluding carboxylic acids is 3. The Hall–Kier alpha value is -3.60. The van der Waals surface area contributed by atoms with Crippen LogP contribution in [-0.4, -0.2) is 59.8 Å². The van der Waals surface area contributed by atoms with Gasteiger partial charge in [0.15, 0.2) is 5.96 Å². The number of nitrogens with one attached hydrogen (secondary N) is 1. The fourth-order valence-corrected chi connectivity index (χ4v) is 3.54. The van der Waals surface area contributed by atoms with Crippen LogP contribution in [0.5, 0.6) is 0 Å². The van der Waals surface area contributed by atoms with Crippen molar-refractivity contribution in [1.29, 1.82) is 0 Å². The molecule has 0 bridgehead atoms. The van der Waals surface area contributed by atoms with Crippen molar-refractivity contribution in [2.45, 2.75) is 50.4 Å². The molecule has 0 aromatic heterocycles. The number of rotatable bonds is 4. The minimum Gasteiger partial charge on any atom is -0.424 e. The van der Waals surface area contributed by atoms with Crippen LogP contribution in [0.1, 0.15) is 26.3 Å². The third-order valence-electron chi connectivity index (χ3n) is 6.08. The minimum absolute atomic E-state index is 0.433. The van der Waals surface area contributed by atoms with Gasteiger partial charge in [-0.25, -0.2) is 14.2 Å². The molecule has 0 saturated carbocycles. The molecule has 1 unspecified atom stereocenters. The van der Waals surface area contributed by atoms with E-state index < -0.39 is 75.9 Å². The smallest absolute Gasteiger partial charge is 0.424 e. The molecule has 0 radical (unpaired) electrons. The number of nitrogens with zero attached hydrogens (tertiary/aromatic N) is 2. The number of ether oxygens (including phenoxy) is 1. The van der Waals surface area contributed by atoms with E-state index in [2.05, 4.69) is 9.73 Å². The van der Waals surface area contributed by atoms with E-state index >= 15 is 0 Å². The average molecular weight is 568 g/mol. The maximum Gasteiger partial charge on any atom is 0.490 e. The Morgan fingerprint density at radius 1 is 1.00 bits per heavy atom. The van der Waals surface area contributed by atoms with Crippen LogP contribution < -0.4 is 11.1 Å². The third-order valence-corrected chi connectivity index (χ3v) is 6.08. The van der Waals surface area contributed by atoms with Gasteiger partial charge in [-0.1, -0.05) is 0 Å². The molecular weight excluding hydrogens is 550 g/mol. The Labute approximate surface area is 206 Å². The maximum absolute atomic E-state index is 14.8. The minimum atomic E-state index is -6.94. The first-order valence-corrected chi connectivity index (χ1v) is 10.0. The predicted molar refractivity (Wildman–Crippen MR) is 108 cm³/mol. The highest BCUT2D eigenvalue weighted by atomic mass is 19.4. The standard InChI is InChI=1S/C20H18F10N4O4/c1-15(2)12(36)34(4)14(31)33-16(15,3)9-7-8(5-6-10(9)21)32-11(35)17(19(25,26)27,20(28,29)30)38-13(37)18(22,23)24/h5-7H,1-4H3,(H2,31,33)(H,32,35). The molecule has 1 aliphatic heterocycles. The van der Waals surface area contributed by atoms with Crippen molar-refractivity contribution in [2.24, 2.45) is 16.1 Å². The number of nitrogens with two attached hydrogens (primary N) is 1. The first kappa shape index (κ1) is 30.6. The van der Waals surface area contributed by atoms with E-state index in [4.69, 9.17) is 5.73 Å². The van der Waals surface area contributed by atoms with E-state index in [0.29, 0.717) is 18.2 Å². The van der Waals surface area contributed by atoms with Crippen molar-refractivity contribution in [3.05, 3.63) is 29.6 Å². The molecule has 18 heteroatoms. The van der Waals surface area contributed by atoms with Gasteiger partial charge in [0.2, 0.25) is 5.91 Å². The number of benzene rings is 1. The molecule has 3 N–H and O–H groups in total. The second-order valence-corrected chi connectivity index (χ2v) is 8.74. The van der Waals surface area contributed by atoms with E-state index in [1.807, 2.05) is 0 Å². The van der Waals surface area contributed by atoms with E-state index in [0.717, 1.165) is 17.1 Å². The number of esters is 1. The van der Waals surface area contributed by atoms with Crippen molar-refractivity contribution < 1.29 is 63.0 Å². The van der Waals surface area contributed by atoms with Crippen LogP contribution in [0.2, 0.25) is 0 Å². The lowest BCUT2D eigenvalue weighted by molar-refractivity contribution is -0.357. The summed E-state index contributed by atoms with van der Waals surface area (Å²) in [7, 11) is 1.23. The lowest BCUT2D eigenvalue weighted by atomic mass is 9.67. The number of hydrogen-bond acceptors (Lipinski definition) is 6. The number of amides is 2. The first-order chi connectivity index (χ1) is 16.8. The van der Waals surface area contributed by atoms with Crippen molar-refractivity contribution in [2.75, 3.05) is 12.4 Å². The van der Waals surface area contributed by atoms with Gasteiger partial charge < -0.3 is 15.8 Å². The SMILES string of the molecule is CN1C(=O)C(C)(C)C(C)(c2cc(NC(=O)C(OC(=O)C(F)(F)F)(C(F)(F)F)C(F)(F)F)ccc2F)N=C1N. The summed E-state index contributed by atoms with van der Waals surface area (Å²) in [5.74, 6) is -9.58. The van der Waals surface area contributed by atoms with Gasteiger partial charge in [0.05, 0.1) is 5.41 Å². The normalized spacial score (nSPS) is 20.6. The van der Waals surface area contributed by atoms with Crippen LogP contribution in [0, 0.1) is 11.2 Å². The highest BCUT2D eigenvalue weighted by Crippen LogP contribution is 2.49. The van der Waals surface area contributed by atoms with E-state index in [1.165, 1.54) is 20.9 Å². The molecule has 0 fully saturated rings. The second kappa shape index (κ2) is 9.00. The number of alkyl halides is 9. The average Bonchev–Trinajstić information content (AvgIpc) is 2.73. The summed E-state index contributed by atoms with van der Waals surface area (Å²) in [4.78, 5) is 41.0. The molecule has 8 nitrogen and oxygen atoms in total. The van der Waals surface area contributed by atoms with Gasteiger partial charge in [0.1, 0.15) is 11.4 Å². The summed E-state index contributed by atoms with van der Waals surface area (Å²) in [5, 5.41) is 1.07. The van der Waals surface area contributed by atoms with E-state index in [-0.39, 0.29) is 0 Å². The summed E-state index contributed by atoms with van der Waals surface area (Å²) in [5.41, 5.74) is -5.85.